The van der Waals surface area contributed by atoms with E-state index in [1.807, 2.05) is 0 Å². The average molecular weight is 330 g/mol. The number of carbonyl (C=O) groups excluding carboxylic acids is 1. The van der Waals surface area contributed by atoms with Crippen LogP contribution in [0.4, 0.5) is 0 Å². The van der Waals surface area contributed by atoms with Gasteiger partial charge in [-0.3, -0.25) is 0 Å². The predicted molar refractivity (Wildman–Crippen MR) is 90.1 cm³/mol. The second kappa shape index (κ2) is 4.54. The number of ether oxygens (including phenoxy) is 1. The number of phenols is 1. The van der Waals surface area contributed by atoms with Crippen LogP contribution < -0.4 is 4.74 Å². The summed E-state index contributed by atoms with van der Waals surface area (Å²) in [6.45, 7) is 8.37. The molecule has 130 valence electrons. The van der Waals surface area contributed by atoms with Crippen LogP contribution in [0.25, 0.3) is 0 Å². The largest absolute Gasteiger partial charge is 0.507 e. The Morgan fingerprint density at radius 1 is 1.21 bits per heavy atom. The normalized spacial score (nSPS) is 36.5. The molecule has 2 N–H and O–H groups in total. The summed E-state index contributed by atoms with van der Waals surface area (Å²) in [6.07, 6.45) is 5.34. The van der Waals surface area contributed by atoms with Crippen molar-refractivity contribution in [1.29, 1.82) is 0 Å². The zero-order valence-electron chi connectivity index (χ0n) is 14.9. The maximum atomic E-state index is 12.1. The van der Waals surface area contributed by atoms with Crippen LogP contribution in [0.1, 0.15) is 70.1 Å². The van der Waals surface area contributed by atoms with Crippen LogP contribution in [0.15, 0.2) is 6.07 Å². The molecule has 1 aromatic rings. The predicted octanol–water partition coefficient (Wildman–Crippen LogP) is 3.55. The van der Waals surface area contributed by atoms with Crippen molar-refractivity contribution in [3.05, 3.63) is 22.8 Å². The molecule has 3 aliphatic rings. The third-order valence-corrected chi connectivity index (χ3v) is 6.97. The van der Waals surface area contributed by atoms with Gasteiger partial charge in [0.2, 0.25) is 0 Å². The van der Waals surface area contributed by atoms with E-state index in [2.05, 4.69) is 20.8 Å². The van der Waals surface area contributed by atoms with Crippen molar-refractivity contribution in [2.24, 2.45) is 11.3 Å². The molecule has 0 saturated heterocycles. The van der Waals surface area contributed by atoms with Crippen LogP contribution in [-0.4, -0.2) is 16.2 Å². The molecule has 4 nitrogen and oxygen atoms in total. The van der Waals surface area contributed by atoms with Crippen LogP contribution >= 0.6 is 0 Å². The molecule has 1 heterocycles. The summed E-state index contributed by atoms with van der Waals surface area (Å²) in [4.78, 5) is 12.1. The lowest BCUT2D eigenvalue weighted by Crippen LogP contribution is -2.47. The van der Waals surface area contributed by atoms with Gasteiger partial charge >= 0.3 is 5.97 Å². The minimum Gasteiger partial charge on any atom is -0.507 e. The lowest BCUT2D eigenvalue weighted by molar-refractivity contribution is -0.150. The molecule has 1 unspecified atom stereocenters. The second-order valence-corrected chi connectivity index (χ2v) is 8.94. The fourth-order valence-corrected chi connectivity index (χ4v) is 5.76. The second-order valence-electron chi connectivity index (χ2n) is 8.94. The van der Waals surface area contributed by atoms with Crippen molar-refractivity contribution >= 4 is 5.97 Å². The Hall–Kier alpha value is -1.55. The summed E-state index contributed by atoms with van der Waals surface area (Å²) in [7, 11) is 0. The molecular weight excluding hydrogens is 304 g/mol. The van der Waals surface area contributed by atoms with E-state index in [0.29, 0.717) is 11.7 Å². The molecule has 4 rings (SSSR count). The van der Waals surface area contributed by atoms with E-state index in [4.69, 9.17) is 4.74 Å². The van der Waals surface area contributed by atoms with Gasteiger partial charge in [0.15, 0.2) is 5.60 Å². The maximum Gasteiger partial charge on any atom is 0.348 e. The molecule has 4 heteroatoms. The van der Waals surface area contributed by atoms with E-state index >= 15 is 0 Å². The minimum atomic E-state index is -1.77. The van der Waals surface area contributed by atoms with Gasteiger partial charge in [-0.1, -0.05) is 27.2 Å². The number of fused-ring (bicyclic) bond motifs is 5. The number of esters is 1. The summed E-state index contributed by atoms with van der Waals surface area (Å²) in [5.41, 5.74) is 0.824. The van der Waals surface area contributed by atoms with Crippen LogP contribution in [0.2, 0.25) is 0 Å². The number of benzene rings is 1. The quantitative estimate of drug-likeness (QED) is 0.564. The third-order valence-electron chi connectivity index (χ3n) is 6.97. The fourth-order valence-electron chi connectivity index (χ4n) is 5.76. The number of hydrogen-bond acceptors (Lipinski definition) is 4. The molecule has 0 bridgehead atoms. The highest BCUT2D eigenvalue weighted by atomic mass is 16.6. The number of aliphatic hydroxyl groups is 1. The first kappa shape index (κ1) is 15.9. The van der Waals surface area contributed by atoms with Crippen LogP contribution in [-0.2, 0) is 22.2 Å². The van der Waals surface area contributed by atoms with Crippen LogP contribution in [0, 0.1) is 11.3 Å². The summed E-state index contributed by atoms with van der Waals surface area (Å²) < 4.78 is 5.43. The van der Waals surface area contributed by atoms with Crippen molar-refractivity contribution in [3.63, 3.8) is 0 Å². The van der Waals surface area contributed by atoms with Crippen molar-refractivity contribution in [2.45, 2.75) is 70.8 Å². The van der Waals surface area contributed by atoms with E-state index in [0.717, 1.165) is 36.8 Å². The third kappa shape index (κ3) is 1.81. The molecule has 1 aliphatic heterocycles. The van der Waals surface area contributed by atoms with Crippen molar-refractivity contribution < 1.29 is 19.7 Å². The highest BCUT2D eigenvalue weighted by Gasteiger charge is 2.54. The average Bonchev–Trinajstić information content (AvgIpc) is 2.70. The van der Waals surface area contributed by atoms with E-state index < -0.39 is 11.6 Å². The van der Waals surface area contributed by atoms with E-state index in [1.165, 1.54) is 13.3 Å². The molecule has 2 aliphatic carbocycles. The van der Waals surface area contributed by atoms with Crippen molar-refractivity contribution in [1.82, 2.24) is 0 Å². The molecule has 0 aromatic heterocycles. The first-order valence-corrected chi connectivity index (χ1v) is 8.93. The minimum absolute atomic E-state index is 0.0233. The summed E-state index contributed by atoms with van der Waals surface area (Å²) >= 11 is 0. The molecule has 24 heavy (non-hydrogen) atoms. The standard InChI is InChI=1S/C20H26O4/c1-18(2)8-5-9-19(3)12-10-13(21)15-16(11(12)6-7-14(18)19)24-17(22)20(15,4)23/h10,14,21,23H,5-9H2,1-4H3/t14-,19+,20?/m1/s1. The highest BCUT2D eigenvalue weighted by Crippen LogP contribution is 2.60. The number of aromatic hydroxyl groups is 1. The monoisotopic (exact) mass is 330 g/mol. The van der Waals surface area contributed by atoms with Gasteiger partial charge < -0.3 is 14.9 Å². The van der Waals surface area contributed by atoms with E-state index in [1.54, 1.807) is 6.07 Å². The smallest absolute Gasteiger partial charge is 0.348 e. The van der Waals surface area contributed by atoms with Crippen molar-refractivity contribution in [2.75, 3.05) is 0 Å². The molecule has 0 radical (unpaired) electrons. The summed E-state index contributed by atoms with van der Waals surface area (Å²) in [5.74, 6) is 0.228. The lowest BCUT2D eigenvalue weighted by atomic mass is 9.50. The first-order chi connectivity index (χ1) is 11.1. The Kier molecular flexibility index (Phi) is 3.02. The van der Waals surface area contributed by atoms with Gasteiger partial charge in [-0.25, -0.2) is 4.79 Å². The first-order valence-electron chi connectivity index (χ1n) is 8.93. The zero-order chi connectivity index (χ0) is 17.5. The molecule has 0 spiro atoms. The summed E-state index contributed by atoms with van der Waals surface area (Å²) in [6, 6.07) is 1.79. The van der Waals surface area contributed by atoms with Gasteiger partial charge in [0.1, 0.15) is 11.5 Å². The highest BCUT2D eigenvalue weighted by molar-refractivity contribution is 5.90. The van der Waals surface area contributed by atoms with Gasteiger partial charge in [0.25, 0.3) is 0 Å². The number of rotatable bonds is 0. The number of hydrogen-bond donors (Lipinski definition) is 2. The van der Waals surface area contributed by atoms with Gasteiger partial charge in [-0.05, 0) is 66.5 Å². The van der Waals surface area contributed by atoms with E-state index in [-0.39, 0.29) is 22.1 Å². The van der Waals surface area contributed by atoms with Gasteiger partial charge in [-0.2, -0.15) is 0 Å². The summed E-state index contributed by atoms with van der Waals surface area (Å²) in [5, 5.41) is 21.0. The molecule has 1 saturated carbocycles. The lowest BCUT2D eigenvalue weighted by Gasteiger charge is -2.54. The Morgan fingerprint density at radius 3 is 2.62 bits per heavy atom. The SMILES string of the molecule is CC1(O)C(=O)Oc2c3c(cc(O)c21)[C@]1(C)CCCC(C)(C)[C@H]1CC3. The zero-order valence-corrected chi connectivity index (χ0v) is 14.9. The van der Waals surface area contributed by atoms with Gasteiger partial charge in [-0.15, -0.1) is 0 Å². The molecule has 3 atom stereocenters. The van der Waals surface area contributed by atoms with E-state index in [9.17, 15) is 15.0 Å². The van der Waals surface area contributed by atoms with Crippen LogP contribution in [0.3, 0.4) is 0 Å². The van der Waals surface area contributed by atoms with Gasteiger partial charge in [0.05, 0.1) is 5.56 Å². The Bertz CT molecular complexity index is 746. The molecule has 1 fully saturated rings. The van der Waals surface area contributed by atoms with Crippen LogP contribution in [0.5, 0.6) is 11.5 Å². The van der Waals surface area contributed by atoms with Gasteiger partial charge in [0, 0.05) is 0 Å². The molecule has 1 aromatic carbocycles. The van der Waals surface area contributed by atoms with Crippen molar-refractivity contribution in [3.8, 4) is 11.5 Å². The molecule has 0 amide bonds. The Morgan fingerprint density at radius 2 is 1.92 bits per heavy atom. The number of phenolic OH excluding ortho intramolecular Hbond substituents is 1. The topological polar surface area (TPSA) is 66.8 Å². The Balaban J connectivity index is 1.94. The fraction of sp³-hybridized carbons (Fsp3) is 0.650. The molecular formula is C20H26O4. The maximum absolute atomic E-state index is 12.1. The Labute approximate surface area is 142 Å². The number of carbonyl (C=O) groups is 1.